The third-order valence-electron chi connectivity index (χ3n) is 3.88. The van der Waals surface area contributed by atoms with Crippen LogP contribution < -0.4 is 10.6 Å². The maximum absolute atomic E-state index is 12.7. The molecule has 2 amide bonds. The highest BCUT2D eigenvalue weighted by Crippen LogP contribution is 2.27. The molecule has 0 aliphatic carbocycles. The number of hydrogen-bond donors (Lipinski definition) is 2. The molecule has 0 radical (unpaired) electrons. The summed E-state index contributed by atoms with van der Waals surface area (Å²) in [5, 5.41) is 6.19. The Morgan fingerprint density at radius 2 is 2.22 bits per heavy atom. The van der Waals surface area contributed by atoms with E-state index in [9.17, 15) is 9.59 Å². The van der Waals surface area contributed by atoms with Gasteiger partial charge in [-0.15, -0.1) is 0 Å². The van der Waals surface area contributed by atoms with E-state index in [1.54, 1.807) is 4.90 Å². The van der Waals surface area contributed by atoms with Gasteiger partial charge in [0.2, 0.25) is 11.8 Å². The molecule has 1 unspecified atom stereocenters. The molecule has 2 aliphatic heterocycles. The number of nitrogens with one attached hydrogen (secondary N) is 2. The Hall–Kier alpha value is -1.10. The molecular formula is C13H23N3O2. The fourth-order valence-corrected chi connectivity index (χ4v) is 3.02. The Labute approximate surface area is 108 Å². The molecule has 0 aromatic rings. The fraction of sp³-hybridized carbons (Fsp3) is 0.846. The molecule has 2 fully saturated rings. The summed E-state index contributed by atoms with van der Waals surface area (Å²) in [4.78, 5) is 26.0. The lowest BCUT2D eigenvalue weighted by Gasteiger charge is -2.33. The smallest absolute Gasteiger partial charge is 0.243 e. The van der Waals surface area contributed by atoms with Gasteiger partial charge in [-0.05, 0) is 32.2 Å². The summed E-state index contributed by atoms with van der Waals surface area (Å²) < 4.78 is 0. The van der Waals surface area contributed by atoms with Crippen molar-refractivity contribution >= 4 is 11.8 Å². The van der Waals surface area contributed by atoms with Crippen LogP contribution in [0.4, 0.5) is 0 Å². The van der Waals surface area contributed by atoms with E-state index in [1.807, 2.05) is 0 Å². The van der Waals surface area contributed by atoms with Gasteiger partial charge in [-0.3, -0.25) is 9.59 Å². The Morgan fingerprint density at radius 3 is 2.89 bits per heavy atom. The van der Waals surface area contributed by atoms with Crippen LogP contribution in [0.5, 0.6) is 0 Å². The molecule has 2 heterocycles. The minimum absolute atomic E-state index is 0.0366. The fourth-order valence-electron chi connectivity index (χ4n) is 3.02. The van der Waals surface area contributed by atoms with Gasteiger partial charge in [-0.1, -0.05) is 13.3 Å². The highest BCUT2D eigenvalue weighted by Gasteiger charge is 2.42. The van der Waals surface area contributed by atoms with Gasteiger partial charge in [0, 0.05) is 13.1 Å². The van der Waals surface area contributed by atoms with Crippen molar-refractivity contribution in [3.05, 3.63) is 0 Å². The standard InChI is InChI=1S/C13H23N3O2/c1-2-5-13(6-3-8-15-13)12(18)16-9-4-7-14-11(17)10-16/h15H,2-10H2,1H3,(H,14,17). The van der Waals surface area contributed by atoms with E-state index in [1.165, 1.54) is 0 Å². The van der Waals surface area contributed by atoms with Crippen LogP contribution in [0.3, 0.4) is 0 Å². The van der Waals surface area contributed by atoms with Crippen LogP contribution in [-0.4, -0.2) is 48.4 Å². The molecule has 2 rings (SSSR count). The van der Waals surface area contributed by atoms with Crippen LogP contribution in [-0.2, 0) is 9.59 Å². The van der Waals surface area contributed by atoms with Crippen molar-refractivity contribution < 1.29 is 9.59 Å². The van der Waals surface area contributed by atoms with Crippen LogP contribution in [0.15, 0.2) is 0 Å². The van der Waals surface area contributed by atoms with Crippen molar-refractivity contribution in [1.82, 2.24) is 15.5 Å². The molecule has 2 aliphatic rings. The van der Waals surface area contributed by atoms with Crippen LogP contribution in [0.25, 0.3) is 0 Å². The lowest BCUT2D eigenvalue weighted by molar-refractivity contribution is -0.141. The molecule has 5 nitrogen and oxygen atoms in total. The second kappa shape index (κ2) is 5.69. The number of carbonyl (C=O) groups is 2. The van der Waals surface area contributed by atoms with Gasteiger partial charge in [0.15, 0.2) is 0 Å². The van der Waals surface area contributed by atoms with Crippen molar-refractivity contribution in [2.24, 2.45) is 0 Å². The highest BCUT2D eigenvalue weighted by molar-refractivity contribution is 5.91. The first kappa shape index (κ1) is 13.3. The molecule has 5 heteroatoms. The lowest BCUT2D eigenvalue weighted by atomic mass is 9.90. The minimum atomic E-state index is -0.403. The van der Waals surface area contributed by atoms with Crippen molar-refractivity contribution in [2.45, 2.75) is 44.6 Å². The summed E-state index contributed by atoms with van der Waals surface area (Å²) >= 11 is 0. The molecule has 0 aromatic heterocycles. The van der Waals surface area contributed by atoms with Gasteiger partial charge in [0.25, 0.3) is 0 Å². The topological polar surface area (TPSA) is 61.4 Å². The summed E-state index contributed by atoms with van der Waals surface area (Å²) in [6, 6.07) is 0. The van der Waals surface area contributed by atoms with Crippen LogP contribution in [0.2, 0.25) is 0 Å². The molecule has 0 bridgehead atoms. The van der Waals surface area contributed by atoms with Crippen molar-refractivity contribution in [1.29, 1.82) is 0 Å². The zero-order valence-electron chi connectivity index (χ0n) is 11.1. The number of amides is 2. The average molecular weight is 253 g/mol. The Kier molecular flexibility index (Phi) is 4.22. The number of rotatable bonds is 3. The molecular weight excluding hydrogens is 230 g/mol. The first-order valence-electron chi connectivity index (χ1n) is 6.99. The Balaban J connectivity index is 2.09. The van der Waals surface area contributed by atoms with Crippen molar-refractivity contribution in [3.8, 4) is 0 Å². The van der Waals surface area contributed by atoms with E-state index in [0.717, 1.165) is 38.6 Å². The minimum Gasteiger partial charge on any atom is -0.354 e. The third-order valence-corrected chi connectivity index (χ3v) is 3.88. The van der Waals surface area contributed by atoms with E-state index in [-0.39, 0.29) is 18.4 Å². The summed E-state index contributed by atoms with van der Waals surface area (Å²) in [7, 11) is 0. The SMILES string of the molecule is CCCC1(C(=O)N2CCCNC(=O)C2)CCCN1. The Bertz CT molecular complexity index is 324. The first-order chi connectivity index (χ1) is 8.68. The molecule has 2 saturated heterocycles. The third kappa shape index (κ3) is 2.66. The molecule has 0 spiro atoms. The molecule has 102 valence electrons. The van der Waals surface area contributed by atoms with Crippen LogP contribution in [0, 0.1) is 0 Å². The molecule has 2 N–H and O–H groups in total. The van der Waals surface area contributed by atoms with E-state index in [4.69, 9.17) is 0 Å². The summed E-state index contributed by atoms with van der Waals surface area (Å²) in [6.07, 6.45) is 4.64. The quantitative estimate of drug-likeness (QED) is 0.758. The van der Waals surface area contributed by atoms with Gasteiger partial charge in [-0.2, -0.15) is 0 Å². The van der Waals surface area contributed by atoms with E-state index in [2.05, 4.69) is 17.6 Å². The molecule has 1 atom stereocenters. The highest BCUT2D eigenvalue weighted by atomic mass is 16.2. The monoisotopic (exact) mass is 253 g/mol. The van der Waals surface area contributed by atoms with Gasteiger partial charge in [0.05, 0.1) is 12.1 Å². The van der Waals surface area contributed by atoms with E-state index < -0.39 is 5.54 Å². The molecule has 0 aromatic carbocycles. The molecule has 0 saturated carbocycles. The first-order valence-corrected chi connectivity index (χ1v) is 6.99. The lowest BCUT2D eigenvalue weighted by Crippen LogP contribution is -2.56. The second-order valence-electron chi connectivity index (χ2n) is 5.29. The van der Waals surface area contributed by atoms with Crippen molar-refractivity contribution in [3.63, 3.8) is 0 Å². The van der Waals surface area contributed by atoms with E-state index in [0.29, 0.717) is 13.1 Å². The van der Waals surface area contributed by atoms with E-state index >= 15 is 0 Å². The van der Waals surface area contributed by atoms with Crippen LogP contribution >= 0.6 is 0 Å². The average Bonchev–Trinajstić information content (AvgIpc) is 2.72. The van der Waals surface area contributed by atoms with Gasteiger partial charge in [0.1, 0.15) is 0 Å². The number of carbonyl (C=O) groups excluding carboxylic acids is 2. The Morgan fingerprint density at radius 1 is 1.39 bits per heavy atom. The summed E-state index contributed by atoms with van der Waals surface area (Å²) in [5.74, 6) is 0.0874. The van der Waals surface area contributed by atoms with Gasteiger partial charge >= 0.3 is 0 Å². The van der Waals surface area contributed by atoms with Crippen LogP contribution in [0.1, 0.15) is 39.0 Å². The predicted molar refractivity (Wildman–Crippen MR) is 69.1 cm³/mol. The normalized spacial score (nSPS) is 28.9. The second-order valence-corrected chi connectivity index (χ2v) is 5.29. The predicted octanol–water partition coefficient (Wildman–Crippen LogP) is 0.257. The maximum atomic E-state index is 12.7. The molecule has 18 heavy (non-hydrogen) atoms. The zero-order valence-corrected chi connectivity index (χ0v) is 11.1. The zero-order chi connectivity index (χ0) is 13.0. The summed E-state index contributed by atoms with van der Waals surface area (Å²) in [5.41, 5.74) is -0.403. The van der Waals surface area contributed by atoms with Crippen molar-refractivity contribution in [2.75, 3.05) is 26.2 Å². The summed E-state index contributed by atoms with van der Waals surface area (Å²) in [6.45, 7) is 4.59. The number of hydrogen-bond acceptors (Lipinski definition) is 3. The maximum Gasteiger partial charge on any atom is 0.243 e. The number of nitrogens with zero attached hydrogens (tertiary/aromatic N) is 1. The largest absolute Gasteiger partial charge is 0.354 e. The van der Waals surface area contributed by atoms with Gasteiger partial charge in [-0.25, -0.2) is 0 Å². The van der Waals surface area contributed by atoms with Gasteiger partial charge < -0.3 is 15.5 Å².